The van der Waals surface area contributed by atoms with Gasteiger partial charge in [-0.2, -0.15) is 0 Å². The van der Waals surface area contributed by atoms with Crippen molar-refractivity contribution in [2.24, 2.45) is 11.8 Å². The van der Waals surface area contributed by atoms with Crippen LogP contribution in [0.4, 0.5) is 0 Å². The number of sulfonamides is 1. The monoisotopic (exact) mass is 318 g/mol. The molecule has 0 aromatic carbocycles. The summed E-state index contributed by atoms with van der Waals surface area (Å²) in [6.07, 6.45) is 2.82. The molecule has 0 saturated heterocycles. The Kier molecular flexibility index (Phi) is 4.52. The highest BCUT2D eigenvalue weighted by molar-refractivity contribution is 7.89. The largest absolute Gasteiger partial charge is 0.346 e. The fourth-order valence-electron chi connectivity index (χ4n) is 2.49. The molecule has 0 amide bonds. The number of aromatic nitrogens is 1. The Morgan fingerprint density at radius 3 is 2.50 bits per heavy atom. The molecule has 2 atom stereocenters. The molecular formula is C14H23ClN2O2S. The van der Waals surface area contributed by atoms with E-state index in [1.54, 1.807) is 19.3 Å². The average molecular weight is 319 g/mol. The lowest BCUT2D eigenvalue weighted by Crippen LogP contribution is -2.29. The quantitative estimate of drug-likeness (QED) is 0.756. The van der Waals surface area contributed by atoms with Crippen LogP contribution in [0.2, 0.25) is 0 Å². The Balaban J connectivity index is 2.24. The molecule has 2 rings (SSSR count). The third-order valence-corrected chi connectivity index (χ3v) is 6.14. The highest BCUT2D eigenvalue weighted by atomic mass is 35.5. The summed E-state index contributed by atoms with van der Waals surface area (Å²) in [6, 6.07) is 1.89. The average Bonchev–Trinajstić information content (AvgIpc) is 2.92. The predicted molar refractivity (Wildman–Crippen MR) is 81.5 cm³/mol. The molecule has 0 spiro atoms. The van der Waals surface area contributed by atoms with Gasteiger partial charge in [-0.15, -0.1) is 11.6 Å². The van der Waals surface area contributed by atoms with Crippen LogP contribution in [0.3, 0.4) is 0 Å². The summed E-state index contributed by atoms with van der Waals surface area (Å²) in [5, 5.41) is 0. The van der Waals surface area contributed by atoms with Crippen LogP contribution in [0.25, 0.3) is 0 Å². The van der Waals surface area contributed by atoms with Crippen molar-refractivity contribution in [1.82, 2.24) is 8.87 Å². The summed E-state index contributed by atoms with van der Waals surface area (Å²) in [6.45, 7) is 6.79. The van der Waals surface area contributed by atoms with Crippen LogP contribution < -0.4 is 0 Å². The molecule has 0 aliphatic heterocycles. The third kappa shape index (κ3) is 3.05. The van der Waals surface area contributed by atoms with Gasteiger partial charge in [0.15, 0.2) is 0 Å². The Morgan fingerprint density at radius 1 is 1.50 bits per heavy atom. The Morgan fingerprint density at radius 2 is 2.10 bits per heavy atom. The minimum absolute atomic E-state index is 0.196. The first kappa shape index (κ1) is 15.9. The smallest absolute Gasteiger partial charge is 0.244 e. The molecule has 2 unspecified atom stereocenters. The Bertz CT molecular complexity index is 580. The molecule has 1 heterocycles. The van der Waals surface area contributed by atoms with E-state index in [1.807, 2.05) is 18.4 Å². The molecule has 20 heavy (non-hydrogen) atoms. The number of halogens is 1. The van der Waals surface area contributed by atoms with Crippen molar-refractivity contribution in [2.45, 2.75) is 44.0 Å². The van der Waals surface area contributed by atoms with Crippen LogP contribution in [-0.4, -0.2) is 30.9 Å². The van der Waals surface area contributed by atoms with E-state index < -0.39 is 10.0 Å². The number of alkyl halides is 1. The summed E-state index contributed by atoms with van der Waals surface area (Å²) in [7, 11) is -1.75. The first-order valence-electron chi connectivity index (χ1n) is 7.00. The van der Waals surface area contributed by atoms with Crippen LogP contribution >= 0.6 is 11.6 Å². The number of hydrogen-bond acceptors (Lipinski definition) is 2. The van der Waals surface area contributed by atoms with Gasteiger partial charge in [-0.3, -0.25) is 0 Å². The van der Waals surface area contributed by atoms with E-state index in [0.29, 0.717) is 29.2 Å². The van der Waals surface area contributed by atoms with Crippen LogP contribution in [0.1, 0.15) is 38.9 Å². The van der Waals surface area contributed by atoms with Gasteiger partial charge >= 0.3 is 0 Å². The molecule has 1 aromatic rings. The lowest BCUT2D eigenvalue weighted by Gasteiger charge is -2.16. The minimum atomic E-state index is -3.41. The fraction of sp³-hybridized carbons (Fsp3) is 0.714. The van der Waals surface area contributed by atoms with Gasteiger partial charge in [0.2, 0.25) is 10.0 Å². The summed E-state index contributed by atoms with van der Waals surface area (Å²) in [5.41, 5.74) is 0.841. The maximum atomic E-state index is 12.6. The van der Waals surface area contributed by atoms with E-state index >= 15 is 0 Å². The molecule has 0 radical (unpaired) electrons. The van der Waals surface area contributed by atoms with E-state index in [1.165, 1.54) is 4.31 Å². The zero-order valence-corrected chi connectivity index (χ0v) is 14.1. The standard InChI is InChI=1S/C14H23ClN2O2S/c1-10(2)17-9-14(6-13(17)7-15)20(18,19)16(4)8-12-5-11(12)3/h6,9-12H,5,7-8H2,1-4H3. The zero-order chi connectivity index (χ0) is 15.1. The van der Waals surface area contributed by atoms with Gasteiger partial charge in [-0.05, 0) is 38.2 Å². The molecule has 1 aliphatic carbocycles. The van der Waals surface area contributed by atoms with Crippen LogP contribution in [0, 0.1) is 11.8 Å². The summed E-state index contributed by atoms with van der Waals surface area (Å²) >= 11 is 5.90. The van der Waals surface area contributed by atoms with Crippen LogP contribution in [0.5, 0.6) is 0 Å². The maximum Gasteiger partial charge on any atom is 0.244 e. The Hall–Kier alpha value is -0.520. The van der Waals surface area contributed by atoms with E-state index in [4.69, 9.17) is 11.6 Å². The second-order valence-electron chi connectivity index (χ2n) is 6.06. The molecule has 0 bridgehead atoms. The lowest BCUT2D eigenvalue weighted by molar-refractivity contribution is 0.444. The van der Waals surface area contributed by atoms with Gasteiger partial charge in [0, 0.05) is 31.5 Å². The summed E-state index contributed by atoms with van der Waals surface area (Å²) < 4.78 is 28.5. The topological polar surface area (TPSA) is 42.3 Å². The first-order chi connectivity index (χ1) is 9.27. The predicted octanol–water partition coefficient (Wildman–Crippen LogP) is 3.08. The van der Waals surface area contributed by atoms with Crippen molar-refractivity contribution in [3.63, 3.8) is 0 Å². The minimum Gasteiger partial charge on any atom is -0.346 e. The van der Waals surface area contributed by atoms with Crippen molar-refractivity contribution in [2.75, 3.05) is 13.6 Å². The second kappa shape index (κ2) is 5.70. The molecule has 4 nitrogen and oxygen atoms in total. The number of nitrogens with zero attached hydrogens (tertiary/aromatic N) is 2. The molecule has 0 N–H and O–H groups in total. The molecule has 1 saturated carbocycles. The van der Waals surface area contributed by atoms with Crippen molar-refractivity contribution < 1.29 is 8.42 Å². The zero-order valence-electron chi connectivity index (χ0n) is 12.5. The number of rotatable bonds is 6. The molecule has 1 aromatic heterocycles. The lowest BCUT2D eigenvalue weighted by atomic mass is 10.3. The first-order valence-corrected chi connectivity index (χ1v) is 8.98. The van der Waals surface area contributed by atoms with Gasteiger partial charge in [0.05, 0.1) is 5.88 Å². The SMILES string of the molecule is CC1CC1CN(C)S(=O)(=O)c1cc(CCl)n(C(C)C)c1. The van der Waals surface area contributed by atoms with Crippen molar-refractivity contribution >= 4 is 21.6 Å². The van der Waals surface area contributed by atoms with Crippen molar-refractivity contribution in [3.05, 3.63) is 18.0 Å². The van der Waals surface area contributed by atoms with Gasteiger partial charge in [-0.25, -0.2) is 12.7 Å². The molecular weight excluding hydrogens is 296 g/mol. The molecule has 1 fully saturated rings. The third-order valence-electron chi connectivity index (χ3n) is 4.08. The summed E-state index contributed by atoms with van der Waals surface area (Å²) in [4.78, 5) is 0.345. The van der Waals surface area contributed by atoms with E-state index in [9.17, 15) is 8.42 Å². The maximum absolute atomic E-state index is 12.6. The van der Waals surface area contributed by atoms with E-state index in [2.05, 4.69) is 6.92 Å². The number of hydrogen-bond donors (Lipinski definition) is 0. The van der Waals surface area contributed by atoms with Crippen molar-refractivity contribution in [1.29, 1.82) is 0 Å². The van der Waals surface area contributed by atoms with E-state index in [-0.39, 0.29) is 6.04 Å². The van der Waals surface area contributed by atoms with Gasteiger partial charge in [0.25, 0.3) is 0 Å². The normalized spacial score (nSPS) is 22.8. The Labute approximate surface area is 126 Å². The fourth-order valence-corrected chi connectivity index (χ4v) is 3.98. The molecule has 1 aliphatic rings. The molecule has 6 heteroatoms. The highest BCUT2D eigenvalue weighted by Gasteiger charge is 2.36. The molecule has 114 valence electrons. The van der Waals surface area contributed by atoms with Gasteiger partial charge in [0.1, 0.15) is 4.90 Å². The van der Waals surface area contributed by atoms with Crippen LogP contribution in [0.15, 0.2) is 17.2 Å². The van der Waals surface area contributed by atoms with Gasteiger partial charge in [-0.1, -0.05) is 6.92 Å². The highest BCUT2D eigenvalue weighted by Crippen LogP contribution is 2.38. The van der Waals surface area contributed by atoms with Crippen molar-refractivity contribution in [3.8, 4) is 0 Å². The second-order valence-corrected chi connectivity index (χ2v) is 8.37. The van der Waals surface area contributed by atoms with Gasteiger partial charge < -0.3 is 4.57 Å². The van der Waals surface area contributed by atoms with Crippen LogP contribution in [-0.2, 0) is 15.9 Å². The van der Waals surface area contributed by atoms with E-state index in [0.717, 1.165) is 12.1 Å². The summed E-state index contributed by atoms with van der Waals surface area (Å²) in [5.74, 6) is 1.47.